The summed E-state index contributed by atoms with van der Waals surface area (Å²) in [4.78, 5) is 0. The standard InChI is InChI=1S/C20H18/c1-2-6-12-17(11-5-1)20(18-13-7-3-8-14-18)19-15-9-4-10-16-19/h1,3-16,20H,2H2. The minimum Gasteiger partial charge on any atom is -0.0807 e. The monoisotopic (exact) mass is 258 g/mol. The highest BCUT2D eigenvalue weighted by Crippen LogP contribution is 2.33. The normalized spacial score (nSPS) is 14.2. The molecule has 3 rings (SSSR count). The van der Waals surface area contributed by atoms with Crippen LogP contribution in [0.2, 0.25) is 0 Å². The van der Waals surface area contributed by atoms with Crippen LogP contribution in [0.4, 0.5) is 0 Å². The second-order valence-electron chi connectivity index (χ2n) is 4.99. The van der Waals surface area contributed by atoms with E-state index in [4.69, 9.17) is 0 Å². The van der Waals surface area contributed by atoms with Gasteiger partial charge in [-0.2, -0.15) is 0 Å². The third kappa shape index (κ3) is 2.80. The van der Waals surface area contributed by atoms with Crippen LogP contribution >= 0.6 is 0 Å². The van der Waals surface area contributed by atoms with Crippen molar-refractivity contribution in [2.24, 2.45) is 0 Å². The summed E-state index contributed by atoms with van der Waals surface area (Å²) in [7, 11) is 0. The van der Waals surface area contributed by atoms with E-state index < -0.39 is 0 Å². The summed E-state index contributed by atoms with van der Waals surface area (Å²) in [5, 5.41) is 0. The molecule has 0 nitrogen and oxygen atoms in total. The largest absolute Gasteiger partial charge is 0.0807 e. The summed E-state index contributed by atoms with van der Waals surface area (Å²) in [5.74, 6) is 0.302. The Hall–Kier alpha value is -2.34. The van der Waals surface area contributed by atoms with Crippen molar-refractivity contribution < 1.29 is 0 Å². The van der Waals surface area contributed by atoms with E-state index in [9.17, 15) is 0 Å². The smallest absolute Gasteiger partial charge is 0.0339 e. The topological polar surface area (TPSA) is 0 Å². The molecule has 0 radical (unpaired) electrons. The maximum atomic E-state index is 2.25. The third-order valence-corrected chi connectivity index (χ3v) is 3.61. The number of benzene rings is 2. The lowest BCUT2D eigenvalue weighted by Gasteiger charge is -2.19. The van der Waals surface area contributed by atoms with E-state index >= 15 is 0 Å². The van der Waals surface area contributed by atoms with Crippen molar-refractivity contribution in [1.82, 2.24) is 0 Å². The summed E-state index contributed by atoms with van der Waals surface area (Å²) in [6.07, 6.45) is 12.1. The second-order valence-corrected chi connectivity index (χ2v) is 4.99. The molecule has 2 aromatic rings. The Balaban J connectivity index is 2.09. The SMILES string of the molecule is C1=CCC=CC(C(c2ccccc2)c2ccccc2)=C1. The molecule has 0 aliphatic heterocycles. The van der Waals surface area contributed by atoms with Gasteiger partial charge >= 0.3 is 0 Å². The number of allylic oxidation sites excluding steroid dienone is 6. The molecule has 1 aliphatic carbocycles. The maximum absolute atomic E-state index is 2.25. The third-order valence-electron chi connectivity index (χ3n) is 3.61. The summed E-state index contributed by atoms with van der Waals surface area (Å²) in [5.41, 5.74) is 4.02. The van der Waals surface area contributed by atoms with Crippen molar-refractivity contribution in [1.29, 1.82) is 0 Å². The molecular formula is C20H18. The Morgan fingerprint density at radius 3 is 1.90 bits per heavy atom. The highest BCUT2D eigenvalue weighted by Gasteiger charge is 2.16. The predicted octanol–water partition coefficient (Wildman–Crippen LogP) is 5.26. The van der Waals surface area contributed by atoms with E-state index in [2.05, 4.69) is 91.0 Å². The van der Waals surface area contributed by atoms with Gasteiger partial charge in [0.2, 0.25) is 0 Å². The summed E-state index contributed by atoms with van der Waals surface area (Å²) in [6, 6.07) is 21.4. The van der Waals surface area contributed by atoms with Crippen LogP contribution in [-0.2, 0) is 0 Å². The van der Waals surface area contributed by atoms with Gasteiger partial charge in [-0.3, -0.25) is 0 Å². The van der Waals surface area contributed by atoms with Gasteiger partial charge in [-0.15, -0.1) is 0 Å². The first-order valence-electron chi connectivity index (χ1n) is 7.08. The molecule has 20 heavy (non-hydrogen) atoms. The molecule has 2 aromatic carbocycles. The van der Waals surface area contributed by atoms with Crippen molar-refractivity contribution in [3.8, 4) is 0 Å². The van der Waals surface area contributed by atoms with Gasteiger partial charge in [0.1, 0.15) is 0 Å². The number of hydrogen-bond donors (Lipinski definition) is 0. The van der Waals surface area contributed by atoms with Gasteiger partial charge in [0.25, 0.3) is 0 Å². The Labute approximate surface area is 120 Å². The van der Waals surface area contributed by atoms with Crippen LogP contribution in [0.3, 0.4) is 0 Å². The average molecular weight is 258 g/mol. The van der Waals surface area contributed by atoms with E-state index in [1.165, 1.54) is 16.7 Å². The van der Waals surface area contributed by atoms with E-state index in [0.29, 0.717) is 5.92 Å². The van der Waals surface area contributed by atoms with Crippen molar-refractivity contribution in [2.45, 2.75) is 12.3 Å². The molecule has 0 amide bonds. The molecule has 0 heterocycles. The van der Waals surface area contributed by atoms with E-state index in [1.54, 1.807) is 0 Å². The van der Waals surface area contributed by atoms with Gasteiger partial charge in [-0.1, -0.05) is 91.0 Å². The zero-order valence-electron chi connectivity index (χ0n) is 11.4. The molecule has 0 atom stereocenters. The minimum absolute atomic E-state index is 0.302. The molecule has 0 aromatic heterocycles. The van der Waals surface area contributed by atoms with Gasteiger partial charge in [0.15, 0.2) is 0 Å². The minimum atomic E-state index is 0.302. The number of rotatable bonds is 3. The molecule has 0 saturated carbocycles. The van der Waals surface area contributed by atoms with Crippen molar-refractivity contribution in [3.63, 3.8) is 0 Å². The lowest BCUT2D eigenvalue weighted by atomic mass is 9.84. The van der Waals surface area contributed by atoms with E-state index in [-0.39, 0.29) is 0 Å². The Bertz CT molecular complexity index is 591. The Morgan fingerprint density at radius 2 is 1.30 bits per heavy atom. The highest BCUT2D eigenvalue weighted by molar-refractivity contribution is 5.46. The first-order valence-corrected chi connectivity index (χ1v) is 7.08. The Kier molecular flexibility index (Phi) is 3.93. The zero-order chi connectivity index (χ0) is 13.6. The molecule has 0 saturated heterocycles. The quantitative estimate of drug-likeness (QED) is 0.704. The lowest BCUT2D eigenvalue weighted by molar-refractivity contribution is 0.977. The highest BCUT2D eigenvalue weighted by atomic mass is 14.2. The average Bonchev–Trinajstić information content (AvgIpc) is 2.79. The number of hydrogen-bond acceptors (Lipinski definition) is 0. The summed E-state index contributed by atoms with van der Waals surface area (Å²) < 4.78 is 0. The van der Waals surface area contributed by atoms with Crippen LogP contribution < -0.4 is 0 Å². The summed E-state index contributed by atoms with van der Waals surface area (Å²) in [6.45, 7) is 0. The molecule has 1 aliphatic rings. The predicted molar refractivity (Wildman–Crippen MR) is 85.7 cm³/mol. The molecule has 0 spiro atoms. The van der Waals surface area contributed by atoms with Crippen molar-refractivity contribution in [2.75, 3.05) is 0 Å². The van der Waals surface area contributed by atoms with Gasteiger partial charge in [0.05, 0.1) is 0 Å². The lowest BCUT2D eigenvalue weighted by Crippen LogP contribution is -2.03. The molecule has 0 N–H and O–H groups in total. The van der Waals surface area contributed by atoms with Gasteiger partial charge < -0.3 is 0 Å². The Morgan fingerprint density at radius 1 is 0.700 bits per heavy atom. The van der Waals surface area contributed by atoms with Crippen LogP contribution in [0.1, 0.15) is 23.5 Å². The summed E-state index contributed by atoms with van der Waals surface area (Å²) >= 11 is 0. The van der Waals surface area contributed by atoms with E-state index in [1.807, 2.05) is 0 Å². The molecule has 98 valence electrons. The first-order chi connectivity index (χ1) is 9.95. The van der Waals surface area contributed by atoms with Crippen molar-refractivity contribution >= 4 is 0 Å². The van der Waals surface area contributed by atoms with Crippen LogP contribution in [0.5, 0.6) is 0 Å². The fraction of sp³-hybridized carbons (Fsp3) is 0.100. The van der Waals surface area contributed by atoms with E-state index in [0.717, 1.165) is 6.42 Å². The molecule has 0 bridgehead atoms. The van der Waals surface area contributed by atoms with Gasteiger partial charge in [-0.05, 0) is 23.1 Å². The van der Waals surface area contributed by atoms with Crippen LogP contribution in [0.15, 0.2) is 96.6 Å². The van der Waals surface area contributed by atoms with Crippen molar-refractivity contribution in [3.05, 3.63) is 108 Å². The molecule has 0 unspecified atom stereocenters. The fourth-order valence-corrected chi connectivity index (χ4v) is 2.66. The molecular weight excluding hydrogens is 240 g/mol. The van der Waals surface area contributed by atoms with Gasteiger partial charge in [0, 0.05) is 5.92 Å². The molecule has 0 heteroatoms. The second kappa shape index (κ2) is 6.21. The van der Waals surface area contributed by atoms with Crippen LogP contribution in [-0.4, -0.2) is 0 Å². The maximum Gasteiger partial charge on any atom is 0.0339 e. The van der Waals surface area contributed by atoms with Crippen LogP contribution in [0.25, 0.3) is 0 Å². The van der Waals surface area contributed by atoms with Crippen LogP contribution in [0, 0.1) is 0 Å². The molecule has 0 fully saturated rings. The first kappa shape index (κ1) is 12.7. The fourth-order valence-electron chi connectivity index (χ4n) is 2.66. The van der Waals surface area contributed by atoms with Gasteiger partial charge in [-0.25, -0.2) is 0 Å². The zero-order valence-corrected chi connectivity index (χ0v) is 11.4.